The number of hydrogen-bond donors (Lipinski definition) is 1. The summed E-state index contributed by atoms with van der Waals surface area (Å²) in [6.45, 7) is 7.55. The number of carbonyl (C=O) groups excluding carboxylic acids is 1. The van der Waals surface area contributed by atoms with Gasteiger partial charge in [0.25, 0.3) is 0 Å². The van der Waals surface area contributed by atoms with Crippen LogP contribution in [0.5, 0.6) is 0 Å². The summed E-state index contributed by atoms with van der Waals surface area (Å²) in [6, 6.07) is 13.4. The number of hydrogen-bond acceptors (Lipinski definition) is 3. The van der Waals surface area contributed by atoms with Crippen LogP contribution in [-0.4, -0.2) is 17.9 Å². The molecule has 2 rings (SSSR count). The third-order valence-corrected chi connectivity index (χ3v) is 3.16. The van der Waals surface area contributed by atoms with Crippen molar-refractivity contribution in [2.24, 2.45) is 0 Å². The minimum absolute atomic E-state index is 0.432. The maximum absolute atomic E-state index is 11.4. The van der Waals surface area contributed by atoms with Crippen LogP contribution in [0.15, 0.2) is 42.5 Å². The maximum Gasteiger partial charge on any atom is 0.340 e. The summed E-state index contributed by atoms with van der Waals surface area (Å²) in [5.74, 6) is -0.519. The van der Waals surface area contributed by atoms with E-state index in [2.05, 4.69) is 36.8 Å². The van der Waals surface area contributed by atoms with Crippen LogP contribution in [0.2, 0.25) is 0 Å². The summed E-state index contributed by atoms with van der Waals surface area (Å²) in [5, 5.41) is 8.54. The van der Waals surface area contributed by atoms with Gasteiger partial charge in [-0.2, -0.15) is 0 Å². The first-order chi connectivity index (χ1) is 10.1. The average Bonchev–Trinajstić information content (AvgIpc) is 2.52. The van der Waals surface area contributed by atoms with E-state index >= 15 is 0 Å². The number of rotatable bonds is 3. The molecular weight excluding hydrogens is 264 g/mol. The van der Waals surface area contributed by atoms with Crippen molar-refractivity contribution in [2.75, 3.05) is 6.79 Å². The Hall–Kier alpha value is -2.13. The highest BCUT2D eigenvalue weighted by Gasteiger charge is 2.06. The van der Waals surface area contributed by atoms with Crippen LogP contribution in [0.25, 0.3) is 11.1 Å². The number of aliphatic hydroxyl groups excluding tert-OH is 1. The van der Waals surface area contributed by atoms with E-state index in [0.717, 1.165) is 11.1 Å². The minimum Gasteiger partial charge on any atom is -0.435 e. The Bertz CT molecular complexity index is 586. The van der Waals surface area contributed by atoms with Crippen LogP contribution < -0.4 is 0 Å². The van der Waals surface area contributed by atoms with Crippen molar-refractivity contribution < 1.29 is 14.6 Å². The third kappa shape index (κ3) is 4.43. The van der Waals surface area contributed by atoms with Crippen LogP contribution >= 0.6 is 0 Å². The second-order valence-electron chi connectivity index (χ2n) is 4.44. The Morgan fingerprint density at radius 3 is 2.05 bits per heavy atom. The molecule has 0 aliphatic carbocycles. The van der Waals surface area contributed by atoms with Crippen LogP contribution in [0.1, 0.15) is 35.3 Å². The van der Waals surface area contributed by atoms with Crippen LogP contribution in [0.3, 0.4) is 0 Å². The normalized spacial score (nSPS) is 9.57. The highest BCUT2D eigenvalue weighted by Crippen LogP contribution is 2.22. The van der Waals surface area contributed by atoms with Crippen molar-refractivity contribution in [3.05, 3.63) is 59.2 Å². The minimum atomic E-state index is -0.599. The Morgan fingerprint density at radius 1 is 0.952 bits per heavy atom. The molecule has 0 heterocycles. The summed E-state index contributed by atoms with van der Waals surface area (Å²) in [6.07, 6.45) is 0. The van der Waals surface area contributed by atoms with E-state index in [1.54, 1.807) is 12.1 Å². The van der Waals surface area contributed by atoms with Crippen LogP contribution in [-0.2, 0) is 4.74 Å². The van der Waals surface area contributed by atoms with Gasteiger partial charge in [0.05, 0.1) is 5.56 Å². The van der Waals surface area contributed by atoms with Gasteiger partial charge in [-0.25, -0.2) is 4.79 Å². The molecule has 0 aliphatic heterocycles. The molecule has 0 aromatic heterocycles. The molecule has 0 saturated heterocycles. The van der Waals surface area contributed by atoms with Gasteiger partial charge < -0.3 is 9.84 Å². The first-order valence-electron chi connectivity index (χ1n) is 7.07. The first kappa shape index (κ1) is 16.9. The monoisotopic (exact) mass is 286 g/mol. The maximum atomic E-state index is 11.4. The summed E-state index contributed by atoms with van der Waals surface area (Å²) in [4.78, 5) is 11.4. The molecule has 1 N–H and O–H groups in total. The predicted molar refractivity (Wildman–Crippen MR) is 85.2 cm³/mol. The average molecular weight is 286 g/mol. The largest absolute Gasteiger partial charge is 0.435 e. The molecular formula is C18H22O3. The summed E-state index contributed by atoms with van der Waals surface area (Å²) >= 11 is 0. The molecule has 0 aliphatic rings. The molecule has 0 spiro atoms. The Balaban J connectivity index is 0.00000106. The summed E-state index contributed by atoms with van der Waals surface area (Å²) in [5.41, 5.74) is 5.09. The molecule has 0 amide bonds. The van der Waals surface area contributed by atoms with Gasteiger partial charge in [0.15, 0.2) is 6.79 Å². The highest BCUT2D eigenvalue weighted by atomic mass is 16.6. The van der Waals surface area contributed by atoms with Crippen molar-refractivity contribution in [1.29, 1.82) is 0 Å². The fraction of sp³-hybridized carbons (Fsp3) is 0.278. The van der Waals surface area contributed by atoms with Crippen molar-refractivity contribution in [2.45, 2.75) is 27.7 Å². The van der Waals surface area contributed by atoms with E-state index in [0.29, 0.717) is 5.56 Å². The van der Waals surface area contributed by atoms with Crippen LogP contribution in [0.4, 0.5) is 0 Å². The molecule has 21 heavy (non-hydrogen) atoms. The lowest BCUT2D eigenvalue weighted by molar-refractivity contribution is 0.00684. The highest BCUT2D eigenvalue weighted by molar-refractivity contribution is 5.90. The number of aliphatic hydroxyl groups is 1. The second-order valence-corrected chi connectivity index (χ2v) is 4.44. The zero-order valence-corrected chi connectivity index (χ0v) is 13.0. The molecule has 2 aromatic carbocycles. The molecule has 3 heteroatoms. The Labute approximate surface area is 126 Å². The number of benzene rings is 2. The number of aryl methyl sites for hydroxylation is 2. The number of esters is 1. The zero-order chi connectivity index (χ0) is 15.8. The van der Waals surface area contributed by atoms with Crippen molar-refractivity contribution in [3.63, 3.8) is 0 Å². The molecule has 0 fully saturated rings. The Morgan fingerprint density at radius 2 is 1.52 bits per heavy atom. The summed E-state index contributed by atoms with van der Waals surface area (Å²) < 4.78 is 4.52. The predicted octanol–water partition coefficient (Wildman–Crippen LogP) is 4.10. The quantitative estimate of drug-likeness (QED) is 0.682. The van der Waals surface area contributed by atoms with Gasteiger partial charge in [-0.15, -0.1) is 0 Å². The molecule has 3 nitrogen and oxygen atoms in total. The van der Waals surface area contributed by atoms with Crippen molar-refractivity contribution >= 4 is 5.97 Å². The SMILES string of the molecule is CC.Cc1ccc(-c2ccc(C(=O)OCO)cc2)cc1C. The first-order valence-corrected chi connectivity index (χ1v) is 7.07. The van der Waals surface area contributed by atoms with E-state index in [1.165, 1.54) is 11.1 Å². The van der Waals surface area contributed by atoms with Gasteiger partial charge in [0, 0.05) is 0 Å². The van der Waals surface area contributed by atoms with Gasteiger partial charge in [-0.3, -0.25) is 0 Å². The molecule has 2 aromatic rings. The van der Waals surface area contributed by atoms with E-state index in [4.69, 9.17) is 5.11 Å². The fourth-order valence-electron chi connectivity index (χ4n) is 1.86. The molecule has 0 atom stereocenters. The lowest BCUT2D eigenvalue weighted by atomic mass is 10.00. The van der Waals surface area contributed by atoms with Crippen molar-refractivity contribution in [3.8, 4) is 11.1 Å². The molecule has 0 radical (unpaired) electrons. The van der Waals surface area contributed by atoms with E-state index in [9.17, 15) is 4.79 Å². The zero-order valence-electron chi connectivity index (χ0n) is 13.0. The van der Waals surface area contributed by atoms with E-state index in [1.807, 2.05) is 26.0 Å². The summed E-state index contributed by atoms with van der Waals surface area (Å²) in [7, 11) is 0. The van der Waals surface area contributed by atoms with Gasteiger partial charge in [-0.05, 0) is 48.2 Å². The van der Waals surface area contributed by atoms with Gasteiger partial charge >= 0.3 is 5.97 Å². The topological polar surface area (TPSA) is 46.5 Å². The van der Waals surface area contributed by atoms with Crippen molar-refractivity contribution in [1.82, 2.24) is 0 Å². The second kappa shape index (κ2) is 8.22. The molecule has 0 saturated carbocycles. The Kier molecular flexibility index (Phi) is 6.63. The standard InChI is InChI=1S/C16H16O3.C2H6/c1-11-3-4-15(9-12(11)2)13-5-7-14(8-6-13)16(18)19-10-17;1-2/h3-9,17H,10H2,1-2H3;1-2H3. The van der Waals surface area contributed by atoms with Crippen LogP contribution in [0, 0.1) is 13.8 Å². The third-order valence-electron chi connectivity index (χ3n) is 3.16. The van der Waals surface area contributed by atoms with Gasteiger partial charge in [0.1, 0.15) is 0 Å². The van der Waals surface area contributed by atoms with Gasteiger partial charge in [-0.1, -0.05) is 44.2 Å². The molecule has 0 unspecified atom stereocenters. The smallest absolute Gasteiger partial charge is 0.340 e. The lowest BCUT2D eigenvalue weighted by Crippen LogP contribution is -2.05. The number of ether oxygens (including phenoxy) is 1. The lowest BCUT2D eigenvalue weighted by Gasteiger charge is -2.06. The van der Waals surface area contributed by atoms with E-state index < -0.39 is 12.8 Å². The van der Waals surface area contributed by atoms with Gasteiger partial charge in [0.2, 0.25) is 0 Å². The van der Waals surface area contributed by atoms with E-state index in [-0.39, 0.29) is 0 Å². The number of carbonyl (C=O) groups is 1. The fourth-order valence-corrected chi connectivity index (χ4v) is 1.86. The molecule has 0 bridgehead atoms. The molecule has 112 valence electrons.